The molecule has 1 aliphatic carbocycles. The van der Waals surface area contributed by atoms with Gasteiger partial charge in [-0.15, -0.1) is 0 Å². The molecule has 3 rings (SSSR count). The van der Waals surface area contributed by atoms with Crippen LogP contribution in [0.3, 0.4) is 0 Å². The van der Waals surface area contributed by atoms with E-state index < -0.39 is 0 Å². The minimum absolute atomic E-state index is 0.0880. The molecule has 0 aliphatic heterocycles. The lowest BCUT2D eigenvalue weighted by Gasteiger charge is -2.15. The first-order valence-electron chi connectivity index (χ1n) is 6.76. The summed E-state index contributed by atoms with van der Waals surface area (Å²) in [5.74, 6) is -0.272. The van der Waals surface area contributed by atoms with Gasteiger partial charge in [-0.3, -0.25) is 9.59 Å². The first-order valence-corrected chi connectivity index (χ1v) is 6.76. The smallest absolute Gasteiger partial charge is 0.270 e. The summed E-state index contributed by atoms with van der Waals surface area (Å²) in [7, 11) is 1.64. The number of hydrogen-bond acceptors (Lipinski definition) is 2. The molecular formula is C15H17N3O2. The van der Waals surface area contributed by atoms with Gasteiger partial charge in [0.15, 0.2) is 0 Å². The number of benzene rings is 1. The van der Waals surface area contributed by atoms with Crippen LogP contribution in [0.2, 0.25) is 0 Å². The monoisotopic (exact) mass is 271 g/mol. The van der Waals surface area contributed by atoms with E-state index in [0.717, 1.165) is 23.7 Å². The lowest BCUT2D eigenvalue weighted by Crippen LogP contribution is -2.39. The molecule has 0 spiro atoms. The number of para-hydroxylation sites is 1. The molecule has 104 valence electrons. The molecule has 0 unspecified atom stereocenters. The maximum absolute atomic E-state index is 12.3. The predicted molar refractivity (Wildman–Crippen MR) is 76.4 cm³/mol. The van der Waals surface area contributed by atoms with Gasteiger partial charge >= 0.3 is 0 Å². The Morgan fingerprint density at radius 1 is 1.35 bits per heavy atom. The van der Waals surface area contributed by atoms with E-state index in [1.54, 1.807) is 7.05 Å². The molecule has 1 aromatic heterocycles. The van der Waals surface area contributed by atoms with Crippen LogP contribution in [-0.2, 0) is 4.79 Å². The van der Waals surface area contributed by atoms with Crippen molar-refractivity contribution in [2.45, 2.75) is 18.9 Å². The second-order valence-corrected chi connectivity index (χ2v) is 5.27. The van der Waals surface area contributed by atoms with Crippen LogP contribution in [0.1, 0.15) is 23.3 Å². The minimum atomic E-state index is -0.174. The van der Waals surface area contributed by atoms with E-state index in [1.807, 2.05) is 30.3 Å². The first-order chi connectivity index (χ1) is 9.63. The lowest BCUT2D eigenvalue weighted by molar-refractivity contribution is -0.121. The van der Waals surface area contributed by atoms with Gasteiger partial charge in [-0.1, -0.05) is 18.2 Å². The molecule has 5 nitrogen and oxygen atoms in total. The molecule has 1 aliphatic rings. The van der Waals surface area contributed by atoms with Gasteiger partial charge < -0.3 is 15.2 Å². The highest BCUT2D eigenvalue weighted by Gasteiger charge is 2.24. The van der Waals surface area contributed by atoms with Crippen LogP contribution in [-0.4, -0.2) is 41.3 Å². The van der Waals surface area contributed by atoms with Crippen LogP contribution >= 0.6 is 0 Å². The van der Waals surface area contributed by atoms with Gasteiger partial charge in [0, 0.05) is 24.0 Å². The number of hydrogen-bond donors (Lipinski definition) is 2. The molecule has 5 heteroatoms. The van der Waals surface area contributed by atoms with Crippen LogP contribution in [0.15, 0.2) is 30.3 Å². The summed E-state index contributed by atoms with van der Waals surface area (Å²) in [6, 6.07) is 9.84. The van der Waals surface area contributed by atoms with Crippen molar-refractivity contribution in [2.75, 3.05) is 13.6 Å². The average molecular weight is 271 g/mol. The van der Waals surface area contributed by atoms with E-state index in [0.29, 0.717) is 11.7 Å². The number of fused-ring (bicyclic) bond motifs is 1. The zero-order valence-corrected chi connectivity index (χ0v) is 11.3. The van der Waals surface area contributed by atoms with Crippen molar-refractivity contribution >= 4 is 22.7 Å². The van der Waals surface area contributed by atoms with E-state index in [2.05, 4.69) is 10.3 Å². The summed E-state index contributed by atoms with van der Waals surface area (Å²) >= 11 is 0. The molecular weight excluding hydrogens is 254 g/mol. The molecule has 2 amide bonds. The molecule has 1 heterocycles. The Balaban J connectivity index is 1.68. The molecule has 2 N–H and O–H groups in total. The molecule has 1 aromatic carbocycles. The van der Waals surface area contributed by atoms with Gasteiger partial charge in [0.05, 0.1) is 6.54 Å². The summed E-state index contributed by atoms with van der Waals surface area (Å²) in [5.41, 5.74) is 1.43. The topological polar surface area (TPSA) is 65.2 Å². The fraction of sp³-hybridized carbons (Fsp3) is 0.333. The third kappa shape index (κ3) is 2.66. The molecule has 0 saturated heterocycles. The fourth-order valence-corrected chi connectivity index (χ4v) is 2.18. The normalized spacial score (nSPS) is 14.2. The second-order valence-electron chi connectivity index (χ2n) is 5.27. The molecule has 0 radical (unpaired) electrons. The van der Waals surface area contributed by atoms with Crippen molar-refractivity contribution in [3.05, 3.63) is 36.0 Å². The number of nitrogens with zero attached hydrogens (tertiary/aromatic N) is 1. The summed E-state index contributed by atoms with van der Waals surface area (Å²) < 4.78 is 0. The van der Waals surface area contributed by atoms with E-state index >= 15 is 0 Å². The zero-order chi connectivity index (χ0) is 14.1. The predicted octanol–water partition coefficient (Wildman–Crippen LogP) is 1.52. The quantitative estimate of drug-likeness (QED) is 0.885. The van der Waals surface area contributed by atoms with Crippen LogP contribution in [0, 0.1) is 0 Å². The largest absolute Gasteiger partial charge is 0.352 e. The van der Waals surface area contributed by atoms with Crippen molar-refractivity contribution in [3.8, 4) is 0 Å². The van der Waals surface area contributed by atoms with Crippen molar-refractivity contribution in [3.63, 3.8) is 0 Å². The Bertz CT molecular complexity index is 625. The van der Waals surface area contributed by atoms with Gasteiger partial charge in [-0.25, -0.2) is 0 Å². The number of H-pyrrole nitrogens is 1. The Morgan fingerprint density at radius 2 is 2.10 bits per heavy atom. The maximum atomic E-state index is 12.3. The fourth-order valence-electron chi connectivity index (χ4n) is 2.18. The van der Waals surface area contributed by atoms with Crippen molar-refractivity contribution in [1.82, 2.24) is 15.2 Å². The average Bonchev–Trinajstić information content (AvgIpc) is 3.12. The standard InChI is InChI=1S/C15H17N3O2/c1-18(9-14(19)16-11-6-7-11)15(20)13-8-10-4-2-3-5-12(10)17-13/h2-5,8,11,17H,6-7,9H2,1H3,(H,16,19). The Kier molecular flexibility index (Phi) is 3.18. The molecule has 2 aromatic rings. The van der Waals surface area contributed by atoms with E-state index in [-0.39, 0.29) is 18.4 Å². The number of likely N-dealkylation sites (N-methyl/N-ethyl adjacent to an activating group) is 1. The second kappa shape index (κ2) is 5.00. The highest BCUT2D eigenvalue weighted by molar-refractivity contribution is 5.99. The van der Waals surface area contributed by atoms with Crippen molar-refractivity contribution in [1.29, 1.82) is 0 Å². The van der Waals surface area contributed by atoms with Gasteiger partial charge in [0.1, 0.15) is 5.69 Å². The summed E-state index contributed by atoms with van der Waals surface area (Å²) in [6.07, 6.45) is 2.09. The maximum Gasteiger partial charge on any atom is 0.270 e. The highest BCUT2D eigenvalue weighted by Crippen LogP contribution is 2.18. The zero-order valence-electron chi connectivity index (χ0n) is 11.3. The van der Waals surface area contributed by atoms with E-state index in [1.165, 1.54) is 4.90 Å². The van der Waals surface area contributed by atoms with Gasteiger partial charge in [-0.05, 0) is 25.0 Å². The number of aromatic amines is 1. The Morgan fingerprint density at radius 3 is 2.80 bits per heavy atom. The van der Waals surface area contributed by atoms with E-state index in [4.69, 9.17) is 0 Å². The minimum Gasteiger partial charge on any atom is -0.352 e. The number of aromatic nitrogens is 1. The number of carbonyl (C=O) groups excluding carboxylic acids is 2. The first kappa shape index (κ1) is 12.7. The van der Waals surface area contributed by atoms with Crippen molar-refractivity contribution < 1.29 is 9.59 Å². The molecule has 0 bridgehead atoms. The lowest BCUT2D eigenvalue weighted by atomic mass is 10.2. The summed E-state index contributed by atoms with van der Waals surface area (Å²) in [5, 5.41) is 3.87. The van der Waals surface area contributed by atoms with Crippen LogP contribution in [0.25, 0.3) is 10.9 Å². The Hall–Kier alpha value is -2.30. The van der Waals surface area contributed by atoms with Gasteiger partial charge in [0.2, 0.25) is 5.91 Å². The number of carbonyl (C=O) groups is 2. The summed E-state index contributed by atoms with van der Waals surface area (Å²) in [4.78, 5) is 28.5. The molecule has 20 heavy (non-hydrogen) atoms. The van der Waals surface area contributed by atoms with Crippen molar-refractivity contribution in [2.24, 2.45) is 0 Å². The van der Waals surface area contributed by atoms with Crippen LogP contribution in [0.5, 0.6) is 0 Å². The third-order valence-electron chi connectivity index (χ3n) is 3.43. The number of rotatable bonds is 4. The number of nitrogens with one attached hydrogen (secondary N) is 2. The molecule has 0 atom stereocenters. The van der Waals surface area contributed by atoms with Crippen LogP contribution in [0.4, 0.5) is 0 Å². The molecule has 1 fully saturated rings. The SMILES string of the molecule is CN(CC(=O)NC1CC1)C(=O)c1cc2ccccc2[nH]1. The van der Waals surface area contributed by atoms with E-state index in [9.17, 15) is 9.59 Å². The number of amides is 2. The molecule has 1 saturated carbocycles. The third-order valence-corrected chi connectivity index (χ3v) is 3.43. The van der Waals surface area contributed by atoms with Crippen LogP contribution < -0.4 is 5.32 Å². The summed E-state index contributed by atoms with van der Waals surface area (Å²) in [6.45, 7) is 0.0880. The Labute approximate surface area is 117 Å². The highest BCUT2D eigenvalue weighted by atomic mass is 16.2. The van der Waals surface area contributed by atoms with Gasteiger partial charge in [-0.2, -0.15) is 0 Å². The van der Waals surface area contributed by atoms with Gasteiger partial charge in [0.25, 0.3) is 5.91 Å².